The Morgan fingerprint density at radius 2 is 1.05 bits per heavy atom. The average Bonchev–Trinajstić information content (AvgIpc) is 2.53. The Morgan fingerprint density at radius 1 is 0.667 bits per heavy atom. The van der Waals surface area contributed by atoms with E-state index < -0.39 is 0 Å². The second-order valence-corrected chi connectivity index (χ2v) is 5.79. The van der Waals surface area contributed by atoms with Crippen molar-refractivity contribution in [3.8, 4) is 0 Å². The number of hydrogen-bond donors (Lipinski definition) is 0. The number of nitrogens with zero attached hydrogens (tertiary/aromatic N) is 2. The largest absolute Gasteiger partial charge is 0.343 e. The van der Waals surface area contributed by atoms with Crippen molar-refractivity contribution in [1.82, 2.24) is 0 Å². The lowest BCUT2D eigenvalue weighted by atomic mass is 10.1. The van der Waals surface area contributed by atoms with Crippen LogP contribution in [0.1, 0.15) is 50.7 Å². The standard InChI is InChI=1S/C19H28N2/c1-3-5-7-18-9-13-20(14-10-18)17-21-15-11-19(12-16-21)8-6-4-2/h9-16H,3-8,17H2,1-2H3/q+2. The van der Waals surface area contributed by atoms with Crippen LogP contribution < -0.4 is 9.13 Å². The minimum absolute atomic E-state index is 0.877. The highest BCUT2D eigenvalue weighted by atomic mass is 15.1. The number of rotatable bonds is 8. The molecule has 0 N–H and O–H groups in total. The third kappa shape index (κ3) is 5.30. The van der Waals surface area contributed by atoms with Gasteiger partial charge in [0, 0.05) is 24.3 Å². The topological polar surface area (TPSA) is 7.76 Å². The van der Waals surface area contributed by atoms with Gasteiger partial charge in [0.25, 0.3) is 0 Å². The van der Waals surface area contributed by atoms with E-state index in [1.165, 1.54) is 49.7 Å². The van der Waals surface area contributed by atoms with E-state index in [1.54, 1.807) is 0 Å². The van der Waals surface area contributed by atoms with Gasteiger partial charge in [-0.05, 0) is 36.8 Å². The van der Waals surface area contributed by atoms with Gasteiger partial charge in [-0.25, -0.2) is 0 Å². The Bertz CT molecular complexity index is 465. The van der Waals surface area contributed by atoms with Crippen LogP contribution in [0.15, 0.2) is 49.1 Å². The zero-order valence-electron chi connectivity index (χ0n) is 13.5. The van der Waals surface area contributed by atoms with Gasteiger partial charge in [0.2, 0.25) is 0 Å². The fraction of sp³-hybridized carbons (Fsp3) is 0.474. The smallest absolute Gasteiger partial charge is 0.147 e. The van der Waals surface area contributed by atoms with Crippen molar-refractivity contribution in [2.24, 2.45) is 0 Å². The first-order valence-corrected chi connectivity index (χ1v) is 8.27. The summed E-state index contributed by atoms with van der Waals surface area (Å²) in [4.78, 5) is 0. The zero-order chi connectivity index (χ0) is 14.9. The third-order valence-electron chi connectivity index (χ3n) is 3.88. The predicted octanol–water partition coefficient (Wildman–Crippen LogP) is 3.45. The Hall–Kier alpha value is -1.70. The summed E-state index contributed by atoms with van der Waals surface area (Å²) in [5.74, 6) is 0. The van der Waals surface area contributed by atoms with E-state index in [9.17, 15) is 0 Å². The van der Waals surface area contributed by atoms with Crippen LogP contribution >= 0.6 is 0 Å². The SMILES string of the molecule is CCCCc1cc[n+](C[n+]2ccc(CCCC)cc2)cc1. The highest BCUT2D eigenvalue weighted by Gasteiger charge is 2.07. The molecule has 2 aromatic heterocycles. The van der Waals surface area contributed by atoms with Gasteiger partial charge < -0.3 is 0 Å². The molecule has 2 heterocycles. The van der Waals surface area contributed by atoms with Crippen LogP contribution in [0.25, 0.3) is 0 Å². The Labute approximate surface area is 129 Å². The maximum absolute atomic E-state index is 2.24. The van der Waals surface area contributed by atoms with Crippen molar-refractivity contribution >= 4 is 0 Å². The second-order valence-electron chi connectivity index (χ2n) is 5.79. The van der Waals surface area contributed by atoms with Crippen molar-refractivity contribution in [1.29, 1.82) is 0 Å². The molecule has 2 heteroatoms. The summed E-state index contributed by atoms with van der Waals surface area (Å²) in [6.45, 7) is 5.36. The molecule has 2 rings (SSSR count). The molecule has 2 nitrogen and oxygen atoms in total. The molecule has 0 unspecified atom stereocenters. The molecule has 112 valence electrons. The van der Waals surface area contributed by atoms with E-state index in [-0.39, 0.29) is 0 Å². The molecular formula is C19H28N2+2. The van der Waals surface area contributed by atoms with E-state index in [2.05, 4.69) is 72.0 Å². The van der Waals surface area contributed by atoms with Crippen molar-refractivity contribution < 1.29 is 9.13 Å². The molecule has 0 amide bonds. The fourth-order valence-electron chi connectivity index (χ4n) is 2.45. The molecule has 0 fully saturated rings. The Morgan fingerprint density at radius 3 is 1.38 bits per heavy atom. The molecule has 0 aliphatic carbocycles. The van der Waals surface area contributed by atoms with Crippen LogP contribution in [-0.4, -0.2) is 0 Å². The molecule has 0 saturated heterocycles. The number of aryl methyl sites for hydroxylation is 2. The van der Waals surface area contributed by atoms with Gasteiger partial charge in [0.1, 0.15) is 0 Å². The minimum atomic E-state index is 0.877. The van der Waals surface area contributed by atoms with Gasteiger partial charge >= 0.3 is 6.67 Å². The van der Waals surface area contributed by atoms with Crippen molar-refractivity contribution in [2.75, 3.05) is 0 Å². The fourth-order valence-corrected chi connectivity index (χ4v) is 2.45. The molecule has 0 saturated carbocycles. The Kier molecular flexibility index (Phi) is 6.39. The molecule has 2 aromatic rings. The van der Waals surface area contributed by atoms with Crippen LogP contribution in [-0.2, 0) is 19.5 Å². The molecular weight excluding hydrogens is 256 g/mol. The zero-order valence-corrected chi connectivity index (χ0v) is 13.5. The molecule has 0 spiro atoms. The monoisotopic (exact) mass is 284 g/mol. The number of unbranched alkanes of at least 4 members (excludes halogenated alkanes) is 2. The van der Waals surface area contributed by atoms with Crippen LogP contribution in [0.4, 0.5) is 0 Å². The van der Waals surface area contributed by atoms with Gasteiger partial charge in [-0.15, -0.1) is 9.13 Å². The predicted molar refractivity (Wildman–Crippen MR) is 85.9 cm³/mol. The number of pyridine rings is 2. The molecule has 0 aliphatic rings. The highest BCUT2D eigenvalue weighted by molar-refractivity contribution is 5.07. The van der Waals surface area contributed by atoms with Crippen molar-refractivity contribution in [3.05, 3.63) is 60.2 Å². The van der Waals surface area contributed by atoms with Gasteiger partial charge in [-0.3, -0.25) is 0 Å². The Balaban J connectivity index is 1.91. The lowest BCUT2D eigenvalue weighted by molar-refractivity contribution is -0.913. The number of aromatic nitrogens is 2. The van der Waals surface area contributed by atoms with Gasteiger partial charge in [-0.2, -0.15) is 0 Å². The van der Waals surface area contributed by atoms with E-state index in [0.717, 1.165) is 6.67 Å². The van der Waals surface area contributed by atoms with E-state index in [4.69, 9.17) is 0 Å². The van der Waals surface area contributed by atoms with Crippen LogP contribution in [0.2, 0.25) is 0 Å². The van der Waals surface area contributed by atoms with E-state index >= 15 is 0 Å². The molecule has 0 radical (unpaired) electrons. The first-order valence-electron chi connectivity index (χ1n) is 8.27. The third-order valence-corrected chi connectivity index (χ3v) is 3.88. The van der Waals surface area contributed by atoms with Crippen LogP contribution in [0.5, 0.6) is 0 Å². The quantitative estimate of drug-likeness (QED) is 0.656. The summed E-state index contributed by atoms with van der Waals surface area (Å²) in [6, 6.07) is 8.97. The van der Waals surface area contributed by atoms with Crippen molar-refractivity contribution in [3.63, 3.8) is 0 Å². The summed E-state index contributed by atoms with van der Waals surface area (Å²) < 4.78 is 4.45. The second kappa shape index (κ2) is 8.56. The summed E-state index contributed by atoms with van der Waals surface area (Å²) in [6.07, 6.45) is 16.2. The van der Waals surface area contributed by atoms with Crippen LogP contribution in [0, 0.1) is 0 Å². The maximum Gasteiger partial charge on any atom is 0.343 e. The lowest BCUT2D eigenvalue weighted by Gasteiger charge is -2.00. The van der Waals surface area contributed by atoms with E-state index in [0.29, 0.717) is 0 Å². The van der Waals surface area contributed by atoms with Gasteiger partial charge in [0.05, 0.1) is 0 Å². The van der Waals surface area contributed by atoms with Gasteiger partial charge in [-0.1, -0.05) is 26.7 Å². The maximum atomic E-state index is 2.24. The first-order chi connectivity index (χ1) is 10.3. The van der Waals surface area contributed by atoms with Crippen LogP contribution in [0.3, 0.4) is 0 Å². The highest BCUT2D eigenvalue weighted by Crippen LogP contribution is 2.03. The van der Waals surface area contributed by atoms with Gasteiger partial charge in [0.15, 0.2) is 24.8 Å². The molecule has 0 aliphatic heterocycles. The summed E-state index contributed by atoms with van der Waals surface area (Å²) in [5, 5.41) is 0. The molecule has 0 bridgehead atoms. The van der Waals surface area contributed by atoms with E-state index in [1.807, 2.05) is 0 Å². The molecule has 21 heavy (non-hydrogen) atoms. The first kappa shape index (κ1) is 15.7. The number of hydrogen-bond acceptors (Lipinski definition) is 0. The normalized spacial score (nSPS) is 10.8. The molecule has 0 atom stereocenters. The summed E-state index contributed by atoms with van der Waals surface area (Å²) >= 11 is 0. The average molecular weight is 284 g/mol. The minimum Gasteiger partial charge on any atom is -0.147 e. The summed E-state index contributed by atoms with van der Waals surface area (Å²) in [5.41, 5.74) is 2.88. The van der Waals surface area contributed by atoms with Crippen molar-refractivity contribution in [2.45, 2.75) is 59.0 Å². The lowest BCUT2D eigenvalue weighted by Crippen LogP contribution is -2.50. The molecule has 0 aromatic carbocycles. The summed E-state index contributed by atoms with van der Waals surface area (Å²) in [7, 11) is 0.